The number of halogens is 1. The second-order valence-electron chi connectivity index (χ2n) is 5.33. The molecule has 10 nitrogen and oxygen atoms in total. The number of primary sulfonamides is 1. The van der Waals surface area contributed by atoms with Crippen LogP contribution in [-0.2, 0) is 16.4 Å². The fourth-order valence-electron chi connectivity index (χ4n) is 2.07. The van der Waals surface area contributed by atoms with Gasteiger partial charge in [-0.2, -0.15) is 4.98 Å². The maximum absolute atomic E-state index is 11.6. The first-order valence-electron chi connectivity index (χ1n) is 6.95. The second kappa shape index (κ2) is 7.87. The molecule has 0 bridgehead atoms. The van der Waals surface area contributed by atoms with Gasteiger partial charge in [0.15, 0.2) is 5.82 Å². The van der Waals surface area contributed by atoms with Crippen LogP contribution in [0.5, 0.6) is 0 Å². The van der Waals surface area contributed by atoms with E-state index < -0.39 is 19.8 Å². The molecule has 1 aromatic heterocycles. The van der Waals surface area contributed by atoms with E-state index in [1.807, 2.05) is 6.92 Å². The summed E-state index contributed by atoms with van der Waals surface area (Å²) in [5, 5.41) is 23.1. The fourth-order valence-corrected chi connectivity index (χ4v) is 2.63. The van der Waals surface area contributed by atoms with Gasteiger partial charge in [-0.15, -0.1) is 12.4 Å². The molecule has 1 aromatic carbocycles. The first-order chi connectivity index (χ1) is 11.1. The lowest BCUT2D eigenvalue weighted by atomic mass is 10.1. The van der Waals surface area contributed by atoms with Crippen molar-refractivity contribution in [3.05, 3.63) is 33.6 Å². The van der Waals surface area contributed by atoms with Crippen molar-refractivity contribution in [1.29, 1.82) is 0 Å². The van der Waals surface area contributed by atoms with Crippen LogP contribution in [0, 0.1) is 17.0 Å². The third kappa shape index (κ3) is 4.72. The van der Waals surface area contributed by atoms with Gasteiger partial charge in [0.25, 0.3) is 11.6 Å². The molecule has 0 saturated heterocycles. The van der Waals surface area contributed by atoms with Gasteiger partial charge >= 0.3 is 0 Å². The summed E-state index contributed by atoms with van der Waals surface area (Å²) >= 11 is 0. The van der Waals surface area contributed by atoms with Crippen LogP contribution in [0.2, 0.25) is 0 Å². The Kier molecular flexibility index (Phi) is 6.60. The Bertz CT molecular complexity index is 883. The number of nitrogens with one attached hydrogen (secondary N) is 1. The molecule has 3 N–H and O–H groups in total. The number of benzene rings is 1. The molecule has 1 unspecified atom stereocenters. The van der Waals surface area contributed by atoms with E-state index in [9.17, 15) is 18.5 Å². The summed E-state index contributed by atoms with van der Waals surface area (Å²) in [5.74, 6) is 0.398. The number of aromatic nitrogens is 2. The Morgan fingerprint density at radius 1 is 1.44 bits per heavy atom. The molecule has 0 saturated carbocycles. The number of rotatable bonds is 6. The van der Waals surface area contributed by atoms with Crippen LogP contribution in [-0.4, -0.2) is 36.6 Å². The number of sulfonamides is 1. The molecule has 0 aliphatic heterocycles. The highest BCUT2D eigenvalue weighted by Crippen LogP contribution is 2.32. The summed E-state index contributed by atoms with van der Waals surface area (Å²) in [5.41, 5.74) is -0.0202. The first kappa shape index (κ1) is 21.0. The second-order valence-corrected chi connectivity index (χ2v) is 6.89. The van der Waals surface area contributed by atoms with Crippen molar-refractivity contribution >= 4 is 28.1 Å². The lowest BCUT2D eigenvalue weighted by Gasteiger charge is -2.06. The molecule has 1 atom stereocenters. The Labute approximate surface area is 150 Å². The maximum Gasteiger partial charge on any atom is 0.274 e. The van der Waals surface area contributed by atoms with Gasteiger partial charge in [-0.3, -0.25) is 10.1 Å². The van der Waals surface area contributed by atoms with E-state index in [-0.39, 0.29) is 41.2 Å². The predicted octanol–water partition coefficient (Wildman–Crippen LogP) is 1.17. The van der Waals surface area contributed by atoms with Gasteiger partial charge in [0.05, 0.1) is 15.4 Å². The van der Waals surface area contributed by atoms with Gasteiger partial charge in [-0.25, -0.2) is 13.6 Å². The van der Waals surface area contributed by atoms with Crippen molar-refractivity contribution < 1.29 is 17.9 Å². The number of nitrogens with two attached hydrogens (primary N) is 1. The summed E-state index contributed by atoms with van der Waals surface area (Å²) < 4.78 is 28.3. The number of hydrogen-bond acceptors (Lipinski definition) is 8. The molecule has 0 radical (unpaired) electrons. The van der Waals surface area contributed by atoms with Crippen LogP contribution in [0.4, 0.5) is 5.69 Å². The normalized spacial score (nSPS) is 12.5. The zero-order valence-electron chi connectivity index (χ0n) is 13.7. The van der Waals surface area contributed by atoms with Crippen molar-refractivity contribution in [2.75, 3.05) is 7.05 Å². The molecule has 0 amide bonds. The zero-order valence-corrected chi connectivity index (χ0v) is 15.3. The topological polar surface area (TPSA) is 154 Å². The van der Waals surface area contributed by atoms with Crippen LogP contribution in [0.25, 0.3) is 11.5 Å². The van der Waals surface area contributed by atoms with Gasteiger partial charge in [0, 0.05) is 24.1 Å². The fraction of sp³-hybridized carbons (Fsp3) is 0.385. The summed E-state index contributed by atoms with van der Waals surface area (Å²) in [6, 6.07) is 2.20. The van der Waals surface area contributed by atoms with E-state index in [0.717, 1.165) is 6.07 Å². The van der Waals surface area contributed by atoms with E-state index in [2.05, 4.69) is 15.5 Å². The average molecular weight is 392 g/mol. The minimum absolute atomic E-state index is 0. The van der Waals surface area contributed by atoms with E-state index >= 15 is 0 Å². The molecule has 0 aliphatic rings. The van der Waals surface area contributed by atoms with E-state index in [0.29, 0.717) is 12.2 Å². The standard InChI is InChI=1S/C13H17N5O5S.ClH/c1-7(15-3)4-12-16-13(23-17-12)10-5-9(24(14,21)22)6-11(8(10)2)18(19)20;/h5-7,15H,4H2,1-3H3,(H2,14,21,22);1H. The van der Waals surface area contributed by atoms with Crippen LogP contribution in [0.1, 0.15) is 18.3 Å². The van der Waals surface area contributed by atoms with Crippen molar-refractivity contribution in [3.8, 4) is 11.5 Å². The van der Waals surface area contributed by atoms with Crippen LogP contribution in [0.3, 0.4) is 0 Å². The molecular formula is C13H18ClN5O5S. The van der Waals surface area contributed by atoms with E-state index in [1.54, 1.807) is 7.05 Å². The molecule has 0 aliphatic carbocycles. The smallest absolute Gasteiger partial charge is 0.274 e. The van der Waals surface area contributed by atoms with Crippen molar-refractivity contribution in [1.82, 2.24) is 15.5 Å². The number of nitro benzene ring substituents is 1. The SMILES string of the molecule is CNC(C)Cc1noc(-c2cc(S(N)(=O)=O)cc([N+](=O)[O-])c2C)n1.Cl. The highest BCUT2D eigenvalue weighted by Gasteiger charge is 2.24. The zero-order chi connectivity index (χ0) is 18.1. The number of nitrogens with zero attached hydrogens (tertiary/aromatic N) is 3. The van der Waals surface area contributed by atoms with Crippen molar-refractivity contribution in [3.63, 3.8) is 0 Å². The monoisotopic (exact) mass is 391 g/mol. The van der Waals surface area contributed by atoms with E-state index in [1.165, 1.54) is 13.0 Å². The molecule has 2 aromatic rings. The van der Waals surface area contributed by atoms with Gasteiger partial charge in [0.2, 0.25) is 10.0 Å². The lowest BCUT2D eigenvalue weighted by molar-refractivity contribution is -0.385. The summed E-state index contributed by atoms with van der Waals surface area (Å²) in [6.07, 6.45) is 0.482. The van der Waals surface area contributed by atoms with Gasteiger partial charge in [-0.05, 0) is 27.0 Å². The quantitative estimate of drug-likeness (QED) is 0.549. The molecule has 25 heavy (non-hydrogen) atoms. The number of hydrogen-bond donors (Lipinski definition) is 2. The largest absolute Gasteiger partial charge is 0.334 e. The van der Waals surface area contributed by atoms with Crippen LogP contribution >= 0.6 is 12.4 Å². The van der Waals surface area contributed by atoms with Gasteiger partial charge < -0.3 is 9.84 Å². The maximum atomic E-state index is 11.6. The Morgan fingerprint density at radius 2 is 2.08 bits per heavy atom. The first-order valence-corrected chi connectivity index (χ1v) is 8.50. The molecule has 138 valence electrons. The van der Waals surface area contributed by atoms with Crippen LogP contribution < -0.4 is 10.5 Å². The predicted molar refractivity (Wildman–Crippen MR) is 92.0 cm³/mol. The molecule has 0 fully saturated rings. The van der Waals surface area contributed by atoms with Crippen LogP contribution in [0.15, 0.2) is 21.6 Å². The van der Waals surface area contributed by atoms with Gasteiger partial charge in [-0.1, -0.05) is 5.16 Å². The lowest BCUT2D eigenvalue weighted by Crippen LogP contribution is -2.24. The molecule has 1 heterocycles. The minimum Gasteiger partial charge on any atom is -0.334 e. The van der Waals surface area contributed by atoms with Gasteiger partial charge in [0.1, 0.15) is 0 Å². The highest BCUT2D eigenvalue weighted by molar-refractivity contribution is 7.89. The van der Waals surface area contributed by atoms with Crippen molar-refractivity contribution in [2.45, 2.75) is 31.2 Å². The van der Waals surface area contributed by atoms with E-state index in [4.69, 9.17) is 9.66 Å². The Balaban J connectivity index is 0.00000312. The third-order valence-electron chi connectivity index (χ3n) is 3.56. The minimum atomic E-state index is -4.13. The summed E-state index contributed by atoms with van der Waals surface area (Å²) in [6.45, 7) is 3.40. The van der Waals surface area contributed by atoms with Crippen molar-refractivity contribution in [2.24, 2.45) is 5.14 Å². The Morgan fingerprint density at radius 3 is 2.60 bits per heavy atom. The molecular weight excluding hydrogens is 374 g/mol. The molecule has 2 rings (SSSR count). The average Bonchev–Trinajstić information content (AvgIpc) is 2.93. The highest BCUT2D eigenvalue weighted by atomic mass is 35.5. The summed E-state index contributed by atoms with van der Waals surface area (Å²) in [4.78, 5) is 14.3. The molecule has 12 heteroatoms. The Hall–Kier alpha value is -2.08. The number of likely N-dealkylation sites (N-methyl/N-ethyl adjacent to an activating group) is 1. The number of nitro groups is 1. The third-order valence-corrected chi connectivity index (χ3v) is 4.45. The summed E-state index contributed by atoms with van der Waals surface area (Å²) in [7, 11) is -2.34. The molecule has 0 spiro atoms.